The Hall–Kier alpha value is -1.39. The van der Waals surface area contributed by atoms with Gasteiger partial charge in [-0.25, -0.2) is 4.39 Å². The second-order valence-electron chi connectivity index (χ2n) is 7.48. The zero-order chi connectivity index (χ0) is 17.1. The lowest BCUT2D eigenvalue weighted by Gasteiger charge is -2.35. The van der Waals surface area contributed by atoms with E-state index >= 15 is 0 Å². The average Bonchev–Trinajstić information content (AvgIpc) is 2.83. The maximum absolute atomic E-state index is 13.6. The van der Waals surface area contributed by atoms with E-state index in [2.05, 4.69) is 29.7 Å². The third-order valence-electron chi connectivity index (χ3n) is 5.27. The van der Waals surface area contributed by atoms with Gasteiger partial charge in [-0.2, -0.15) is 0 Å². The number of fused-ring (bicyclic) bond motifs is 4. The van der Waals surface area contributed by atoms with Crippen LogP contribution in [-0.4, -0.2) is 49.1 Å². The zero-order valence-corrected chi connectivity index (χ0v) is 15.1. The van der Waals surface area contributed by atoms with Crippen molar-refractivity contribution in [3.05, 3.63) is 41.2 Å². The molecule has 24 heavy (non-hydrogen) atoms. The molecule has 0 aliphatic carbocycles. The first-order valence-corrected chi connectivity index (χ1v) is 8.97. The molecule has 3 aliphatic rings. The van der Waals surface area contributed by atoms with Crippen LogP contribution in [0.4, 0.5) is 4.39 Å². The molecule has 0 saturated carbocycles. The third-order valence-corrected chi connectivity index (χ3v) is 5.27. The summed E-state index contributed by atoms with van der Waals surface area (Å²) in [5.41, 5.74) is 2.34. The van der Waals surface area contributed by atoms with Crippen LogP contribution >= 0.6 is 0 Å². The molecule has 2 bridgehead atoms. The van der Waals surface area contributed by atoms with Gasteiger partial charge in [0.25, 0.3) is 0 Å². The van der Waals surface area contributed by atoms with E-state index in [-0.39, 0.29) is 5.82 Å². The van der Waals surface area contributed by atoms with E-state index < -0.39 is 0 Å². The Morgan fingerprint density at radius 1 is 1.25 bits per heavy atom. The highest BCUT2D eigenvalue weighted by molar-refractivity contribution is 5.33. The summed E-state index contributed by atoms with van der Waals surface area (Å²) in [5.74, 6) is 1.32. The van der Waals surface area contributed by atoms with E-state index in [4.69, 9.17) is 4.74 Å². The van der Waals surface area contributed by atoms with Crippen LogP contribution in [-0.2, 0) is 6.54 Å². The summed E-state index contributed by atoms with van der Waals surface area (Å²) in [4.78, 5) is 5.12. The molecule has 1 aromatic carbocycles. The Kier molecular flexibility index (Phi) is 5.57. The molecule has 0 N–H and O–H groups in total. The zero-order valence-electron chi connectivity index (χ0n) is 15.1. The number of benzene rings is 1. The molecular weight excluding hydrogens is 303 g/mol. The molecule has 0 spiro atoms. The van der Waals surface area contributed by atoms with Crippen molar-refractivity contribution in [2.75, 3.05) is 33.3 Å². The van der Waals surface area contributed by atoms with Gasteiger partial charge in [-0.05, 0) is 50.8 Å². The van der Waals surface area contributed by atoms with Gasteiger partial charge in [-0.15, -0.1) is 0 Å². The van der Waals surface area contributed by atoms with Crippen LogP contribution < -0.4 is 4.74 Å². The summed E-state index contributed by atoms with van der Waals surface area (Å²) in [6.45, 7) is 9.50. The largest absolute Gasteiger partial charge is 0.496 e. The molecule has 3 heterocycles. The van der Waals surface area contributed by atoms with Crippen LogP contribution in [0.15, 0.2) is 29.8 Å². The van der Waals surface area contributed by atoms with Crippen LogP contribution in [0.5, 0.6) is 5.75 Å². The maximum atomic E-state index is 13.6. The smallest absolute Gasteiger partial charge is 0.123 e. The van der Waals surface area contributed by atoms with Gasteiger partial charge in [-0.3, -0.25) is 9.80 Å². The van der Waals surface area contributed by atoms with Crippen molar-refractivity contribution in [3.8, 4) is 5.75 Å². The molecule has 0 unspecified atom stereocenters. The monoisotopic (exact) mass is 332 g/mol. The second kappa shape index (κ2) is 7.66. The number of piperidine rings is 1. The molecule has 3 aliphatic heterocycles. The highest BCUT2D eigenvalue weighted by Gasteiger charge is 2.34. The van der Waals surface area contributed by atoms with Crippen molar-refractivity contribution in [2.24, 2.45) is 5.92 Å². The first-order valence-electron chi connectivity index (χ1n) is 8.97. The SMILES string of the molecule is COc1ccc(F)cc1CN1C[C@@H]2CC[C@H](C1)N(CC=C(C)C)C2. The molecular formula is C20H29FN2O. The standard InChI is InChI=1S/C20H29FN2O/c1-15(2)8-9-23-12-16-4-6-19(23)14-22(11-16)13-17-10-18(21)5-7-20(17)24-3/h5,7-8,10,16,19H,4,6,9,11-14H2,1-3H3/t16-,19+/m0/s1. The van der Waals surface area contributed by atoms with Crippen LogP contribution in [0.3, 0.4) is 0 Å². The lowest BCUT2D eigenvalue weighted by Crippen LogP contribution is -2.43. The Labute approximate surface area is 145 Å². The highest BCUT2D eigenvalue weighted by atomic mass is 19.1. The van der Waals surface area contributed by atoms with E-state index in [0.29, 0.717) is 12.0 Å². The van der Waals surface area contributed by atoms with Crippen LogP contribution in [0.2, 0.25) is 0 Å². The third kappa shape index (κ3) is 4.17. The second-order valence-corrected chi connectivity index (χ2v) is 7.48. The first-order chi connectivity index (χ1) is 11.5. The molecule has 4 rings (SSSR count). The topological polar surface area (TPSA) is 15.7 Å². The van der Waals surface area contributed by atoms with Gasteiger partial charge >= 0.3 is 0 Å². The summed E-state index contributed by atoms with van der Waals surface area (Å²) in [6.07, 6.45) is 4.92. The van der Waals surface area contributed by atoms with E-state index in [0.717, 1.165) is 37.5 Å². The molecule has 132 valence electrons. The Morgan fingerprint density at radius 3 is 2.83 bits per heavy atom. The average molecular weight is 332 g/mol. The van der Waals surface area contributed by atoms with Gasteiger partial charge < -0.3 is 4.74 Å². The number of nitrogens with zero attached hydrogens (tertiary/aromatic N) is 2. The molecule has 1 aromatic rings. The van der Waals surface area contributed by atoms with Crippen LogP contribution in [0.25, 0.3) is 0 Å². The van der Waals surface area contributed by atoms with E-state index in [1.165, 1.54) is 31.0 Å². The van der Waals surface area contributed by atoms with E-state index in [1.54, 1.807) is 19.2 Å². The Morgan fingerprint density at radius 2 is 2.08 bits per heavy atom. The molecule has 3 saturated heterocycles. The molecule has 4 heteroatoms. The minimum Gasteiger partial charge on any atom is -0.496 e. The number of hydrogen-bond donors (Lipinski definition) is 0. The van der Waals surface area contributed by atoms with Crippen LogP contribution in [0.1, 0.15) is 32.3 Å². The fraction of sp³-hybridized carbons (Fsp3) is 0.600. The van der Waals surface area contributed by atoms with E-state index in [1.807, 2.05) is 0 Å². The predicted octanol–water partition coefficient (Wildman–Crippen LogP) is 3.70. The molecule has 0 aromatic heterocycles. The number of halogens is 1. The Bertz CT molecular complexity index is 597. The maximum Gasteiger partial charge on any atom is 0.123 e. The molecule has 2 atom stereocenters. The molecule has 0 radical (unpaired) electrons. The van der Waals surface area contributed by atoms with E-state index in [9.17, 15) is 4.39 Å². The van der Waals surface area contributed by atoms with Crippen molar-refractivity contribution in [3.63, 3.8) is 0 Å². The lowest BCUT2D eigenvalue weighted by molar-refractivity contribution is 0.146. The Balaban J connectivity index is 1.71. The fourth-order valence-electron chi connectivity index (χ4n) is 4.04. The number of methoxy groups -OCH3 is 1. The number of rotatable bonds is 5. The van der Waals surface area contributed by atoms with Crippen molar-refractivity contribution in [2.45, 2.75) is 39.3 Å². The van der Waals surface area contributed by atoms with Crippen molar-refractivity contribution < 1.29 is 9.13 Å². The highest BCUT2D eigenvalue weighted by Crippen LogP contribution is 2.30. The van der Waals surface area contributed by atoms with Gasteiger partial charge in [0.2, 0.25) is 0 Å². The molecule has 3 nitrogen and oxygen atoms in total. The minimum absolute atomic E-state index is 0.186. The van der Waals surface area contributed by atoms with Crippen molar-refractivity contribution >= 4 is 0 Å². The number of hydrogen-bond acceptors (Lipinski definition) is 3. The number of allylic oxidation sites excluding steroid dienone is 1. The van der Waals surface area contributed by atoms with Crippen molar-refractivity contribution in [1.82, 2.24) is 9.80 Å². The van der Waals surface area contributed by atoms with Gasteiger partial charge in [0.1, 0.15) is 11.6 Å². The quantitative estimate of drug-likeness (QED) is 0.765. The van der Waals surface area contributed by atoms with Gasteiger partial charge in [0.05, 0.1) is 7.11 Å². The first kappa shape index (κ1) is 17.4. The predicted molar refractivity (Wildman–Crippen MR) is 95.7 cm³/mol. The summed E-state index contributed by atoms with van der Waals surface area (Å²) in [5, 5.41) is 0. The van der Waals surface area contributed by atoms with Gasteiger partial charge in [0, 0.05) is 44.3 Å². The summed E-state index contributed by atoms with van der Waals surface area (Å²) >= 11 is 0. The molecule has 3 fully saturated rings. The van der Waals surface area contributed by atoms with Crippen molar-refractivity contribution in [1.29, 1.82) is 0 Å². The summed E-state index contributed by atoms with van der Waals surface area (Å²) < 4.78 is 19.0. The lowest BCUT2D eigenvalue weighted by atomic mass is 9.95. The number of ether oxygens (including phenoxy) is 1. The van der Waals surface area contributed by atoms with Crippen LogP contribution in [0, 0.1) is 11.7 Å². The minimum atomic E-state index is -0.186. The van der Waals surface area contributed by atoms with Gasteiger partial charge in [0.15, 0.2) is 0 Å². The molecule has 0 amide bonds. The summed E-state index contributed by atoms with van der Waals surface area (Å²) in [7, 11) is 1.66. The van der Waals surface area contributed by atoms with Gasteiger partial charge in [-0.1, -0.05) is 11.6 Å². The fourth-order valence-corrected chi connectivity index (χ4v) is 4.04. The normalized spacial score (nSPS) is 24.7. The summed E-state index contributed by atoms with van der Waals surface area (Å²) in [6, 6.07) is 5.43.